The van der Waals surface area contributed by atoms with E-state index in [9.17, 15) is 0 Å². The van der Waals surface area contributed by atoms with Gasteiger partial charge in [-0.1, -0.05) is 6.08 Å². The van der Waals surface area contributed by atoms with E-state index in [0.717, 1.165) is 6.54 Å². The molecule has 0 radical (unpaired) electrons. The fourth-order valence-corrected chi connectivity index (χ4v) is 0.738. The van der Waals surface area contributed by atoms with Crippen LogP contribution in [-0.2, 0) is 4.74 Å². The van der Waals surface area contributed by atoms with Gasteiger partial charge in [-0.15, -0.1) is 19.0 Å². The van der Waals surface area contributed by atoms with Crippen LogP contribution in [-0.4, -0.2) is 71.8 Å². The Kier molecular flexibility index (Phi) is 21.4. The lowest BCUT2D eigenvalue weighted by Gasteiger charge is -2.05. The summed E-state index contributed by atoms with van der Waals surface area (Å²) in [6, 6.07) is 0. The van der Waals surface area contributed by atoms with Gasteiger partial charge < -0.3 is 30.1 Å². The number of hydrogen-bond donors (Lipinski definition) is 4. The molecule has 0 saturated heterocycles. The van der Waals surface area contributed by atoms with Crippen molar-refractivity contribution in [3.63, 3.8) is 0 Å². The van der Waals surface area contributed by atoms with Gasteiger partial charge in [0.2, 0.25) is 0 Å². The lowest BCUT2D eigenvalue weighted by molar-refractivity contribution is -0.0769. The predicted octanol–water partition coefficient (Wildman–Crippen LogP) is -0.440. The van der Waals surface area contributed by atoms with Gasteiger partial charge >= 0.3 is 0 Å². The van der Waals surface area contributed by atoms with E-state index in [-0.39, 0.29) is 38.5 Å². The summed E-state index contributed by atoms with van der Waals surface area (Å²) in [5.41, 5.74) is 0. The standard InChI is InChI=1S/C6H14O5.C5H11N.ClH/c7-5(8)1-3-11-4-2-6(9)10;1-4-5-6(2)3;/h5-10H,1-4H2;4H,1,5H2,2-3H3;1H. The van der Waals surface area contributed by atoms with E-state index in [1.54, 1.807) is 0 Å². The number of halogens is 1. The highest BCUT2D eigenvalue weighted by Gasteiger charge is 1.98. The molecule has 0 aromatic rings. The van der Waals surface area contributed by atoms with Crippen molar-refractivity contribution < 1.29 is 25.2 Å². The molecule has 6 nitrogen and oxygen atoms in total. The Morgan fingerprint density at radius 1 is 1.06 bits per heavy atom. The van der Waals surface area contributed by atoms with Gasteiger partial charge in [-0.3, -0.25) is 0 Å². The van der Waals surface area contributed by atoms with Crippen molar-refractivity contribution in [2.75, 3.05) is 33.9 Å². The summed E-state index contributed by atoms with van der Waals surface area (Å²) in [5.74, 6) is 0. The van der Waals surface area contributed by atoms with Crippen LogP contribution < -0.4 is 0 Å². The van der Waals surface area contributed by atoms with Crippen LogP contribution in [0.1, 0.15) is 12.8 Å². The maximum atomic E-state index is 8.34. The fourth-order valence-electron chi connectivity index (χ4n) is 0.738. The normalized spacial score (nSPS) is 10.1. The van der Waals surface area contributed by atoms with Gasteiger partial charge in [0.25, 0.3) is 0 Å². The molecular formula is C11H26ClNO5. The van der Waals surface area contributed by atoms with Crippen LogP contribution in [0.4, 0.5) is 0 Å². The molecule has 0 fully saturated rings. The Bertz CT molecular complexity index is 158. The largest absolute Gasteiger partial charge is 0.381 e. The summed E-state index contributed by atoms with van der Waals surface area (Å²) < 4.78 is 4.82. The first-order valence-corrected chi connectivity index (χ1v) is 5.45. The summed E-state index contributed by atoms with van der Waals surface area (Å²) in [6.45, 7) is 4.96. The van der Waals surface area contributed by atoms with E-state index in [0.29, 0.717) is 0 Å². The maximum Gasteiger partial charge on any atom is 0.153 e. The third-order valence-corrected chi connectivity index (χ3v) is 1.54. The first-order valence-electron chi connectivity index (χ1n) is 5.45. The van der Waals surface area contributed by atoms with Crippen LogP contribution >= 0.6 is 12.4 Å². The van der Waals surface area contributed by atoms with Crippen molar-refractivity contribution in [3.05, 3.63) is 12.7 Å². The molecule has 0 atom stereocenters. The van der Waals surface area contributed by atoms with Crippen LogP contribution in [0.3, 0.4) is 0 Å². The quantitative estimate of drug-likeness (QED) is 0.275. The molecule has 4 N–H and O–H groups in total. The monoisotopic (exact) mass is 287 g/mol. The van der Waals surface area contributed by atoms with Gasteiger partial charge in [-0.05, 0) is 14.1 Å². The molecule has 0 aliphatic carbocycles. The second kappa shape index (κ2) is 16.8. The Labute approximate surface area is 115 Å². The highest BCUT2D eigenvalue weighted by molar-refractivity contribution is 5.85. The molecule has 0 saturated carbocycles. The molecule has 7 heteroatoms. The lowest BCUT2D eigenvalue weighted by atomic mass is 10.4. The molecule has 112 valence electrons. The predicted molar refractivity (Wildman–Crippen MR) is 72.5 cm³/mol. The average Bonchev–Trinajstić information content (AvgIpc) is 2.16. The zero-order valence-electron chi connectivity index (χ0n) is 11.0. The molecule has 0 amide bonds. The molecule has 0 unspecified atom stereocenters. The molecule has 0 spiro atoms. The van der Waals surface area contributed by atoms with Crippen molar-refractivity contribution >= 4 is 12.4 Å². The summed E-state index contributed by atoms with van der Waals surface area (Å²) >= 11 is 0. The van der Waals surface area contributed by atoms with E-state index < -0.39 is 12.6 Å². The Hall–Kier alpha value is -0.210. The second-order valence-corrected chi connectivity index (χ2v) is 3.70. The summed E-state index contributed by atoms with van der Waals surface area (Å²) in [6.07, 6.45) is -0.550. The first-order chi connectivity index (χ1) is 7.90. The minimum absolute atomic E-state index is 0. The summed E-state index contributed by atoms with van der Waals surface area (Å²) in [7, 11) is 4.03. The number of likely N-dealkylation sites (N-methyl/N-ethyl adjacent to an activating group) is 1. The van der Waals surface area contributed by atoms with Crippen LogP contribution in [0.5, 0.6) is 0 Å². The molecule has 0 rings (SSSR count). The molecule has 0 heterocycles. The van der Waals surface area contributed by atoms with Crippen LogP contribution in [0, 0.1) is 0 Å². The van der Waals surface area contributed by atoms with Crippen molar-refractivity contribution in [3.8, 4) is 0 Å². The van der Waals surface area contributed by atoms with E-state index in [1.165, 1.54) is 0 Å². The lowest BCUT2D eigenvalue weighted by Crippen LogP contribution is -2.12. The molecule has 0 bridgehead atoms. The Balaban J connectivity index is -0.000000277. The zero-order valence-corrected chi connectivity index (χ0v) is 11.8. The van der Waals surface area contributed by atoms with Gasteiger partial charge in [0, 0.05) is 19.4 Å². The third kappa shape index (κ3) is 29.7. The third-order valence-electron chi connectivity index (χ3n) is 1.54. The van der Waals surface area contributed by atoms with Crippen molar-refractivity contribution in [1.82, 2.24) is 4.90 Å². The van der Waals surface area contributed by atoms with Gasteiger partial charge in [0.15, 0.2) is 12.6 Å². The number of ether oxygens (including phenoxy) is 1. The number of aliphatic hydroxyl groups excluding tert-OH is 2. The highest BCUT2D eigenvalue weighted by atomic mass is 35.5. The maximum absolute atomic E-state index is 8.34. The van der Waals surface area contributed by atoms with Crippen molar-refractivity contribution in [2.45, 2.75) is 25.4 Å². The van der Waals surface area contributed by atoms with Crippen molar-refractivity contribution in [1.29, 1.82) is 0 Å². The van der Waals surface area contributed by atoms with Gasteiger partial charge in [0.1, 0.15) is 0 Å². The minimum Gasteiger partial charge on any atom is -0.381 e. The van der Waals surface area contributed by atoms with Gasteiger partial charge in [-0.25, -0.2) is 0 Å². The summed E-state index contributed by atoms with van der Waals surface area (Å²) in [4.78, 5) is 2.06. The van der Waals surface area contributed by atoms with E-state index in [4.69, 9.17) is 25.2 Å². The second-order valence-electron chi connectivity index (χ2n) is 3.70. The van der Waals surface area contributed by atoms with Gasteiger partial charge in [-0.2, -0.15) is 0 Å². The highest BCUT2D eigenvalue weighted by Crippen LogP contribution is 1.91. The zero-order chi connectivity index (χ0) is 13.7. The fraction of sp³-hybridized carbons (Fsp3) is 0.818. The van der Waals surface area contributed by atoms with Crippen LogP contribution in [0.25, 0.3) is 0 Å². The van der Waals surface area contributed by atoms with E-state index >= 15 is 0 Å². The Morgan fingerprint density at radius 3 is 1.61 bits per heavy atom. The summed E-state index contributed by atoms with van der Waals surface area (Å²) in [5, 5.41) is 33.4. The number of nitrogens with zero attached hydrogens (tertiary/aromatic N) is 1. The smallest absolute Gasteiger partial charge is 0.153 e. The molecule has 0 aliphatic heterocycles. The molecule has 0 aromatic carbocycles. The number of aliphatic hydroxyl groups is 4. The molecular weight excluding hydrogens is 262 g/mol. The molecule has 18 heavy (non-hydrogen) atoms. The van der Waals surface area contributed by atoms with Crippen LogP contribution in [0.2, 0.25) is 0 Å². The van der Waals surface area contributed by atoms with Crippen LogP contribution in [0.15, 0.2) is 12.7 Å². The average molecular weight is 288 g/mol. The van der Waals surface area contributed by atoms with E-state index in [1.807, 2.05) is 20.2 Å². The molecule has 0 aromatic heterocycles. The van der Waals surface area contributed by atoms with Crippen molar-refractivity contribution in [2.24, 2.45) is 0 Å². The Morgan fingerprint density at radius 2 is 1.44 bits per heavy atom. The molecule has 0 aliphatic rings. The topological polar surface area (TPSA) is 93.4 Å². The number of rotatable bonds is 8. The SMILES string of the molecule is C=CCN(C)C.Cl.OC(O)CCOCCC(O)O. The van der Waals surface area contributed by atoms with Gasteiger partial charge in [0.05, 0.1) is 13.2 Å². The van der Waals surface area contributed by atoms with E-state index in [2.05, 4.69) is 11.5 Å². The first kappa shape index (κ1) is 22.9. The minimum atomic E-state index is -1.35. The number of hydrogen-bond acceptors (Lipinski definition) is 6.